The topological polar surface area (TPSA) is 77.2 Å². The second-order valence-corrected chi connectivity index (χ2v) is 7.93. The maximum absolute atomic E-state index is 13.1. The van der Waals surface area contributed by atoms with Crippen molar-refractivity contribution in [2.75, 3.05) is 0 Å². The van der Waals surface area contributed by atoms with E-state index < -0.39 is 20.5 Å². The Morgan fingerprint density at radius 3 is 2.41 bits per heavy atom. The van der Waals surface area contributed by atoms with Gasteiger partial charge in [-0.1, -0.05) is 43.4 Å². The average Bonchev–Trinajstić information content (AvgIpc) is 2.54. The van der Waals surface area contributed by atoms with Gasteiger partial charge in [0.25, 0.3) is 0 Å². The fourth-order valence-corrected chi connectivity index (χ4v) is 4.48. The van der Waals surface area contributed by atoms with E-state index in [2.05, 4.69) is 0 Å². The molecule has 1 aromatic carbocycles. The second kappa shape index (κ2) is 6.18. The highest BCUT2D eigenvalue weighted by molar-refractivity contribution is 7.93. The number of nitrogens with two attached hydrogens (primary N) is 1. The van der Waals surface area contributed by atoms with E-state index in [1.165, 1.54) is 0 Å². The molecule has 2 N–H and O–H groups in total. The summed E-state index contributed by atoms with van der Waals surface area (Å²) in [5, 5.41) is 0. The van der Waals surface area contributed by atoms with Crippen LogP contribution in [0.15, 0.2) is 53.5 Å². The molecule has 0 fully saturated rings. The molecule has 5 heteroatoms. The van der Waals surface area contributed by atoms with E-state index in [1.807, 2.05) is 0 Å². The minimum atomic E-state index is -3.69. The van der Waals surface area contributed by atoms with Crippen LogP contribution >= 0.6 is 0 Å². The molecule has 0 saturated carbocycles. The summed E-state index contributed by atoms with van der Waals surface area (Å²) in [6, 6.07) is 6.52. The number of sulfone groups is 1. The van der Waals surface area contributed by atoms with Gasteiger partial charge in [-0.3, -0.25) is 4.79 Å². The lowest BCUT2D eigenvalue weighted by Crippen LogP contribution is -2.45. The van der Waals surface area contributed by atoms with E-state index in [-0.39, 0.29) is 10.7 Å². The number of allylic oxidation sites excluding steroid dienone is 3. The first-order valence-electron chi connectivity index (χ1n) is 7.29. The van der Waals surface area contributed by atoms with Crippen molar-refractivity contribution in [3.05, 3.63) is 54.1 Å². The monoisotopic (exact) mass is 319 g/mol. The highest BCUT2D eigenvalue weighted by atomic mass is 32.2. The lowest BCUT2D eigenvalue weighted by Gasteiger charge is -2.33. The zero-order valence-corrected chi connectivity index (χ0v) is 13.6. The van der Waals surface area contributed by atoms with Gasteiger partial charge in [0.05, 0.1) is 10.8 Å². The molecule has 0 bridgehead atoms. The lowest BCUT2D eigenvalue weighted by atomic mass is 9.85. The van der Waals surface area contributed by atoms with Crippen molar-refractivity contribution in [1.29, 1.82) is 0 Å². The van der Waals surface area contributed by atoms with Crippen molar-refractivity contribution in [2.45, 2.75) is 36.5 Å². The fraction of sp³-hybridized carbons (Fsp3) is 0.353. The fourth-order valence-electron chi connectivity index (χ4n) is 2.68. The van der Waals surface area contributed by atoms with Gasteiger partial charge in [0.1, 0.15) is 10.5 Å². The molecule has 1 aliphatic rings. The Morgan fingerprint density at radius 2 is 1.86 bits per heavy atom. The van der Waals surface area contributed by atoms with E-state index in [1.54, 1.807) is 62.4 Å². The zero-order chi connectivity index (χ0) is 16.4. The summed E-state index contributed by atoms with van der Waals surface area (Å²) in [4.78, 5) is 12.4. The summed E-state index contributed by atoms with van der Waals surface area (Å²) in [5.74, 6) is -0.744. The van der Waals surface area contributed by atoms with Gasteiger partial charge in [-0.05, 0) is 24.6 Å². The number of rotatable bonds is 5. The van der Waals surface area contributed by atoms with Gasteiger partial charge in [0.2, 0.25) is 0 Å². The van der Waals surface area contributed by atoms with Crippen LogP contribution in [0.3, 0.4) is 0 Å². The van der Waals surface area contributed by atoms with Crippen LogP contribution < -0.4 is 5.73 Å². The van der Waals surface area contributed by atoms with Crippen molar-refractivity contribution in [1.82, 2.24) is 0 Å². The Hall–Kier alpha value is -1.72. The van der Waals surface area contributed by atoms with Crippen molar-refractivity contribution in [3.63, 3.8) is 0 Å². The third kappa shape index (κ3) is 2.66. The molecule has 0 aromatic heterocycles. The van der Waals surface area contributed by atoms with Gasteiger partial charge in [-0.15, -0.1) is 0 Å². The molecule has 0 heterocycles. The first-order valence-corrected chi connectivity index (χ1v) is 8.77. The summed E-state index contributed by atoms with van der Waals surface area (Å²) >= 11 is 0. The summed E-state index contributed by atoms with van der Waals surface area (Å²) in [5.41, 5.74) is 6.41. The minimum absolute atomic E-state index is 0.0785. The molecule has 0 amide bonds. The summed E-state index contributed by atoms with van der Waals surface area (Å²) in [7, 11) is -3.69. The van der Waals surface area contributed by atoms with Gasteiger partial charge in [-0.2, -0.15) is 0 Å². The molecule has 0 spiro atoms. The van der Waals surface area contributed by atoms with E-state index >= 15 is 0 Å². The van der Waals surface area contributed by atoms with E-state index in [9.17, 15) is 13.2 Å². The highest BCUT2D eigenvalue weighted by Gasteiger charge is 2.47. The zero-order valence-electron chi connectivity index (χ0n) is 12.8. The number of carbonyl (C=O) groups excluding carboxylic acids is 1. The number of hydrogen-bond acceptors (Lipinski definition) is 4. The molecule has 0 saturated heterocycles. The van der Waals surface area contributed by atoms with E-state index in [4.69, 9.17) is 5.73 Å². The van der Waals surface area contributed by atoms with Gasteiger partial charge < -0.3 is 5.73 Å². The van der Waals surface area contributed by atoms with Crippen LogP contribution in [0, 0.1) is 5.92 Å². The first-order chi connectivity index (χ1) is 10.4. The molecule has 0 radical (unpaired) electrons. The number of carbonyl (C=O) groups is 1. The Morgan fingerprint density at radius 1 is 1.23 bits per heavy atom. The van der Waals surface area contributed by atoms with Crippen molar-refractivity contribution in [2.24, 2.45) is 11.7 Å². The molecule has 22 heavy (non-hydrogen) atoms. The van der Waals surface area contributed by atoms with Gasteiger partial charge in [-0.25, -0.2) is 8.42 Å². The van der Waals surface area contributed by atoms with Crippen LogP contribution in [-0.4, -0.2) is 18.9 Å². The van der Waals surface area contributed by atoms with Crippen molar-refractivity contribution >= 4 is 15.6 Å². The molecule has 2 atom stereocenters. The normalized spacial score (nSPS) is 24.4. The third-order valence-corrected chi connectivity index (χ3v) is 6.64. The first kappa shape index (κ1) is 16.6. The van der Waals surface area contributed by atoms with Gasteiger partial charge in [0.15, 0.2) is 9.84 Å². The quantitative estimate of drug-likeness (QED) is 0.904. The summed E-state index contributed by atoms with van der Waals surface area (Å²) in [6.07, 6.45) is 7.01. The predicted molar refractivity (Wildman–Crippen MR) is 87.0 cm³/mol. The summed E-state index contributed by atoms with van der Waals surface area (Å²) < 4.78 is 24.9. The minimum Gasteiger partial charge on any atom is -0.326 e. The van der Waals surface area contributed by atoms with Gasteiger partial charge in [0, 0.05) is 13.0 Å². The smallest absolute Gasteiger partial charge is 0.188 e. The van der Waals surface area contributed by atoms with Crippen molar-refractivity contribution < 1.29 is 13.2 Å². The molecule has 0 aliphatic heterocycles. The predicted octanol–water partition coefficient (Wildman–Crippen LogP) is 2.40. The SMILES string of the molecule is CCC(=O)C1C=CC=CC1(C)S(=O)(=O)c1ccc(CN)cc1. The maximum Gasteiger partial charge on any atom is 0.188 e. The standard InChI is InChI=1S/C17H21NO3S/c1-3-16(19)15-6-4-5-11-17(15,2)22(20,21)14-9-7-13(12-18)8-10-14/h4-11,15H,3,12,18H2,1-2H3. The van der Waals surface area contributed by atoms with Crippen LogP contribution in [0.25, 0.3) is 0 Å². The second-order valence-electron chi connectivity index (χ2n) is 5.58. The summed E-state index contributed by atoms with van der Waals surface area (Å²) in [6.45, 7) is 3.71. The van der Waals surface area contributed by atoms with Crippen LogP contribution in [0.2, 0.25) is 0 Å². The molecule has 2 rings (SSSR count). The van der Waals surface area contributed by atoms with Crippen LogP contribution in [0.4, 0.5) is 0 Å². The molecule has 1 aromatic rings. The molecule has 1 aliphatic carbocycles. The Balaban J connectivity index is 2.51. The van der Waals surface area contributed by atoms with Crippen LogP contribution in [0.1, 0.15) is 25.8 Å². The van der Waals surface area contributed by atoms with E-state index in [0.29, 0.717) is 13.0 Å². The Bertz CT molecular complexity index is 717. The highest BCUT2D eigenvalue weighted by Crippen LogP contribution is 2.37. The van der Waals surface area contributed by atoms with Crippen LogP contribution in [0.5, 0.6) is 0 Å². The number of Topliss-reactive ketones (excluding diaryl/α,β-unsaturated/α-hetero) is 1. The largest absolute Gasteiger partial charge is 0.326 e. The molecule has 2 unspecified atom stereocenters. The van der Waals surface area contributed by atoms with Crippen molar-refractivity contribution in [3.8, 4) is 0 Å². The molecular formula is C17H21NO3S. The number of hydrogen-bond donors (Lipinski definition) is 1. The molecular weight excluding hydrogens is 298 g/mol. The number of ketones is 1. The average molecular weight is 319 g/mol. The van der Waals surface area contributed by atoms with Gasteiger partial charge >= 0.3 is 0 Å². The Labute approximate surface area is 131 Å². The van der Waals surface area contributed by atoms with E-state index in [0.717, 1.165) is 5.56 Å². The molecule has 118 valence electrons. The third-order valence-electron chi connectivity index (χ3n) is 4.20. The lowest BCUT2D eigenvalue weighted by molar-refractivity contribution is -0.121. The number of benzene rings is 1. The van der Waals surface area contributed by atoms with Crippen LogP contribution in [-0.2, 0) is 21.2 Å². The maximum atomic E-state index is 13.1. The molecule has 4 nitrogen and oxygen atoms in total. The Kier molecular flexibility index (Phi) is 4.68.